The summed E-state index contributed by atoms with van der Waals surface area (Å²) in [5.41, 5.74) is 3.99. The highest BCUT2D eigenvalue weighted by Crippen LogP contribution is 2.30. The predicted octanol–water partition coefficient (Wildman–Crippen LogP) is 6.80. The molecule has 4 N–H and O–H groups in total. The number of amides is 4. The maximum Gasteiger partial charge on any atom is 0.416 e. The number of carbonyl (C=O) groups is 3. The van der Waals surface area contributed by atoms with Crippen molar-refractivity contribution in [2.24, 2.45) is 0 Å². The summed E-state index contributed by atoms with van der Waals surface area (Å²) in [5.74, 6) is -2.09. The predicted molar refractivity (Wildman–Crippen MR) is 151 cm³/mol. The summed E-state index contributed by atoms with van der Waals surface area (Å²) < 4.78 is 58.3. The third-order valence-corrected chi connectivity index (χ3v) is 5.71. The van der Waals surface area contributed by atoms with E-state index in [4.69, 9.17) is 16.3 Å². The number of hydrogen-bond acceptors (Lipinski definition) is 5. The Kier molecular flexibility index (Phi) is 9.58. The zero-order valence-corrected chi connectivity index (χ0v) is 22.5. The molecule has 0 unspecified atom stereocenters. The van der Waals surface area contributed by atoms with Gasteiger partial charge in [0.15, 0.2) is 0 Å². The second kappa shape index (κ2) is 13.5. The van der Waals surface area contributed by atoms with Crippen molar-refractivity contribution >= 4 is 46.9 Å². The van der Waals surface area contributed by atoms with Crippen LogP contribution in [0.1, 0.15) is 21.6 Å². The zero-order chi connectivity index (χ0) is 31.0. The van der Waals surface area contributed by atoms with Gasteiger partial charge in [-0.25, -0.2) is 9.18 Å². The molecular weight excluding hydrogens is 594 g/mol. The molecule has 4 amide bonds. The van der Waals surface area contributed by atoms with Crippen molar-refractivity contribution in [2.45, 2.75) is 6.18 Å². The molecule has 14 heteroatoms. The number of pyridine rings is 1. The number of hydrazine groups is 1. The van der Waals surface area contributed by atoms with Gasteiger partial charge >= 0.3 is 12.2 Å². The third-order valence-electron chi connectivity index (χ3n) is 5.45. The summed E-state index contributed by atoms with van der Waals surface area (Å²) in [6.45, 7) is 0. The maximum absolute atomic E-state index is 14.6. The number of benzene rings is 3. The van der Waals surface area contributed by atoms with Gasteiger partial charge in [0.2, 0.25) is 0 Å². The van der Waals surface area contributed by atoms with Crippen molar-refractivity contribution in [1.82, 2.24) is 15.8 Å². The van der Waals surface area contributed by atoms with Gasteiger partial charge in [-0.15, -0.1) is 0 Å². The van der Waals surface area contributed by atoms with Crippen LogP contribution in [0.4, 0.5) is 33.7 Å². The van der Waals surface area contributed by atoms with E-state index in [1.54, 1.807) is 24.3 Å². The topological polar surface area (TPSA) is 121 Å². The van der Waals surface area contributed by atoms with Crippen LogP contribution in [0.3, 0.4) is 0 Å². The molecule has 43 heavy (non-hydrogen) atoms. The summed E-state index contributed by atoms with van der Waals surface area (Å²) in [7, 11) is 0. The van der Waals surface area contributed by atoms with Gasteiger partial charge in [0.05, 0.1) is 11.3 Å². The molecule has 1 aromatic heterocycles. The number of hydrogen-bond donors (Lipinski definition) is 4. The van der Waals surface area contributed by atoms with Crippen molar-refractivity contribution < 1.29 is 36.7 Å². The molecule has 4 rings (SSSR count). The number of rotatable bonds is 7. The van der Waals surface area contributed by atoms with E-state index < -0.39 is 35.4 Å². The van der Waals surface area contributed by atoms with Crippen LogP contribution in [0.2, 0.25) is 5.02 Å². The lowest BCUT2D eigenvalue weighted by molar-refractivity contribution is -0.137. The molecule has 0 bridgehead atoms. The summed E-state index contributed by atoms with van der Waals surface area (Å²) in [5, 5.41) is 5.11. The Labute approximate surface area is 246 Å². The van der Waals surface area contributed by atoms with E-state index in [1.807, 2.05) is 0 Å². The lowest BCUT2D eigenvalue weighted by atomic mass is 10.2. The molecule has 1 heterocycles. The highest BCUT2D eigenvalue weighted by molar-refractivity contribution is 6.30. The normalized spacial score (nSPS) is 11.1. The van der Waals surface area contributed by atoms with Gasteiger partial charge in [-0.1, -0.05) is 23.7 Å². The fraction of sp³-hybridized carbons (Fsp3) is 0.0345. The van der Waals surface area contributed by atoms with Crippen molar-refractivity contribution in [3.63, 3.8) is 0 Å². The Morgan fingerprint density at radius 2 is 1.53 bits per heavy atom. The molecule has 220 valence electrons. The van der Waals surface area contributed by atoms with Crippen molar-refractivity contribution in [3.05, 3.63) is 119 Å². The van der Waals surface area contributed by atoms with E-state index in [0.29, 0.717) is 5.02 Å². The van der Waals surface area contributed by atoms with Crippen LogP contribution in [0.25, 0.3) is 6.08 Å². The summed E-state index contributed by atoms with van der Waals surface area (Å²) in [4.78, 5) is 40.5. The molecule has 0 aliphatic heterocycles. The number of nitrogens with one attached hydrogen (secondary N) is 4. The minimum Gasteiger partial charge on any atom is -0.457 e. The molecule has 0 radical (unpaired) electrons. The monoisotopic (exact) mass is 613 g/mol. The largest absolute Gasteiger partial charge is 0.457 e. The summed E-state index contributed by atoms with van der Waals surface area (Å²) in [6, 6.07) is 15.8. The molecule has 0 aliphatic rings. The van der Waals surface area contributed by atoms with E-state index in [2.05, 4.69) is 26.5 Å². The van der Waals surface area contributed by atoms with Crippen molar-refractivity contribution in [2.75, 3.05) is 10.6 Å². The molecular formula is C29H20ClF4N5O4. The van der Waals surface area contributed by atoms with Crippen LogP contribution in [-0.4, -0.2) is 22.8 Å². The molecule has 0 aliphatic carbocycles. The number of ether oxygens (including phenoxy) is 1. The first-order valence-electron chi connectivity index (χ1n) is 12.2. The van der Waals surface area contributed by atoms with Crippen LogP contribution in [0, 0.1) is 5.82 Å². The average Bonchev–Trinajstić information content (AvgIpc) is 2.97. The van der Waals surface area contributed by atoms with Gasteiger partial charge in [-0.2, -0.15) is 13.2 Å². The standard InChI is InChI=1S/C29H20ClF4N5O4/c30-19-6-1-17(2-7-19)3-12-26(40)38-39-27(41)25-16-22(13-14-35-25)43-21-10-11-24(23(31)15-21)37-28(42)36-20-8-4-18(5-9-20)29(32,33)34/h1-16H,(H,38,40)(H,39,41)(H2,36,37,42). The molecule has 3 aromatic carbocycles. The van der Waals surface area contributed by atoms with Gasteiger partial charge in [0.1, 0.15) is 23.0 Å². The van der Waals surface area contributed by atoms with E-state index in [9.17, 15) is 31.9 Å². The Hall–Kier alpha value is -5.43. The molecule has 0 atom stereocenters. The first kappa shape index (κ1) is 30.5. The highest BCUT2D eigenvalue weighted by Gasteiger charge is 2.30. The molecule has 0 spiro atoms. The van der Waals surface area contributed by atoms with E-state index in [-0.39, 0.29) is 28.6 Å². The number of alkyl halides is 3. The fourth-order valence-electron chi connectivity index (χ4n) is 3.39. The second-order valence-corrected chi connectivity index (χ2v) is 9.04. The minimum atomic E-state index is -4.52. The molecule has 0 fully saturated rings. The fourth-order valence-corrected chi connectivity index (χ4v) is 3.52. The SMILES string of the molecule is O=C(C=Cc1ccc(Cl)cc1)NNC(=O)c1cc(Oc2ccc(NC(=O)Nc3ccc(C(F)(F)F)cc3)c(F)c2)ccn1. The van der Waals surface area contributed by atoms with Gasteiger partial charge in [0.25, 0.3) is 11.8 Å². The number of urea groups is 1. The molecule has 0 saturated carbocycles. The van der Waals surface area contributed by atoms with Crippen LogP contribution in [0.5, 0.6) is 11.5 Å². The number of aromatic nitrogens is 1. The second-order valence-electron chi connectivity index (χ2n) is 8.60. The Morgan fingerprint density at radius 3 is 2.21 bits per heavy atom. The average molecular weight is 614 g/mol. The number of anilines is 2. The smallest absolute Gasteiger partial charge is 0.416 e. The third kappa shape index (κ3) is 9.03. The van der Waals surface area contributed by atoms with Gasteiger partial charge < -0.3 is 15.4 Å². The lowest BCUT2D eigenvalue weighted by Gasteiger charge is -2.12. The maximum atomic E-state index is 14.6. The minimum absolute atomic E-state index is 0.0180. The van der Waals surface area contributed by atoms with Crippen molar-refractivity contribution in [1.29, 1.82) is 0 Å². The van der Waals surface area contributed by atoms with Crippen LogP contribution in [-0.2, 0) is 11.0 Å². The highest BCUT2D eigenvalue weighted by atomic mass is 35.5. The van der Waals surface area contributed by atoms with Crippen LogP contribution < -0.4 is 26.2 Å². The zero-order valence-electron chi connectivity index (χ0n) is 21.7. The van der Waals surface area contributed by atoms with Crippen LogP contribution >= 0.6 is 11.6 Å². The van der Waals surface area contributed by atoms with Crippen LogP contribution in [0.15, 0.2) is 91.1 Å². The number of nitrogens with zero attached hydrogens (tertiary/aromatic N) is 1. The van der Waals surface area contributed by atoms with E-state index in [1.165, 1.54) is 42.6 Å². The summed E-state index contributed by atoms with van der Waals surface area (Å²) >= 11 is 5.82. The quantitative estimate of drug-likeness (QED) is 0.104. The number of carbonyl (C=O) groups excluding carboxylic acids is 3. The Bertz CT molecular complexity index is 1660. The van der Waals surface area contributed by atoms with E-state index >= 15 is 0 Å². The van der Waals surface area contributed by atoms with Gasteiger partial charge in [-0.05, 0) is 66.2 Å². The Morgan fingerprint density at radius 1 is 0.837 bits per heavy atom. The molecule has 9 nitrogen and oxygen atoms in total. The Balaban J connectivity index is 1.30. The van der Waals surface area contributed by atoms with Gasteiger partial charge in [0, 0.05) is 35.1 Å². The first-order valence-corrected chi connectivity index (χ1v) is 12.6. The number of halogens is 5. The first-order chi connectivity index (χ1) is 20.5. The van der Waals surface area contributed by atoms with Gasteiger partial charge in [-0.3, -0.25) is 25.4 Å². The molecule has 0 saturated heterocycles. The summed E-state index contributed by atoms with van der Waals surface area (Å²) in [6.07, 6.45) is -0.519. The lowest BCUT2D eigenvalue weighted by Crippen LogP contribution is -2.41. The van der Waals surface area contributed by atoms with Crippen molar-refractivity contribution in [3.8, 4) is 11.5 Å². The molecule has 4 aromatic rings. The van der Waals surface area contributed by atoms with E-state index in [0.717, 1.165) is 35.9 Å².